The summed E-state index contributed by atoms with van der Waals surface area (Å²) in [5, 5.41) is 12.7. The van der Waals surface area contributed by atoms with Crippen LogP contribution in [-0.4, -0.2) is 54.3 Å². The van der Waals surface area contributed by atoms with E-state index >= 15 is 0 Å². The highest BCUT2D eigenvalue weighted by Gasteiger charge is 2.23. The summed E-state index contributed by atoms with van der Waals surface area (Å²) >= 11 is 0. The van der Waals surface area contributed by atoms with Gasteiger partial charge in [0.2, 0.25) is 5.91 Å². The van der Waals surface area contributed by atoms with Crippen molar-refractivity contribution in [2.45, 2.75) is 187 Å². The predicted molar refractivity (Wildman–Crippen MR) is 229 cm³/mol. The third kappa shape index (κ3) is 42.7. The van der Waals surface area contributed by atoms with Gasteiger partial charge in [0.05, 0.1) is 13.2 Å². The maximum atomic E-state index is 12.1. The standard InChI is InChI=1S/C45H80NO8P/c1-3-5-7-9-11-13-15-17-19-21-23-25-27-29-31-33-35-37-44(48)46-39-40-53-55(50,51)54-42-43(47)41-52-45(49)38-36-34-32-30-28-26-24-22-20-18-16-14-12-10-8-6-4-2/h12,14,17-20,24,26,30,32,43,47H,3-11,13,15-16,21-23,25,27-29,31,33-42H2,1-2H3,(H,46,48)(H,50,51)/b14-12-,19-17-,20-18-,26-24-,32-30-. The van der Waals surface area contributed by atoms with E-state index in [1.54, 1.807) is 0 Å². The van der Waals surface area contributed by atoms with E-state index in [2.05, 4.69) is 73.8 Å². The molecular formula is C45H80NO8P. The van der Waals surface area contributed by atoms with Crippen LogP contribution in [0.15, 0.2) is 60.8 Å². The fraction of sp³-hybridized carbons (Fsp3) is 0.733. The first-order chi connectivity index (χ1) is 26.8. The second-order valence-electron chi connectivity index (χ2n) is 14.3. The molecule has 55 heavy (non-hydrogen) atoms. The molecule has 3 N–H and O–H groups in total. The molecule has 0 heterocycles. The predicted octanol–water partition coefficient (Wildman–Crippen LogP) is 12.1. The molecular weight excluding hydrogens is 713 g/mol. The van der Waals surface area contributed by atoms with Crippen molar-refractivity contribution in [3.63, 3.8) is 0 Å². The molecule has 0 saturated heterocycles. The molecule has 0 spiro atoms. The van der Waals surface area contributed by atoms with Gasteiger partial charge in [-0.25, -0.2) is 4.57 Å². The molecule has 0 aromatic carbocycles. The minimum Gasteiger partial charge on any atom is -0.463 e. The van der Waals surface area contributed by atoms with Crippen LogP contribution in [0.4, 0.5) is 0 Å². The Hall–Kier alpha value is -2.29. The van der Waals surface area contributed by atoms with E-state index in [0.717, 1.165) is 44.9 Å². The average Bonchev–Trinajstić information content (AvgIpc) is 3.17. The lowest BCUT2D eigenvalue weighted by Gasteiger charge is -2.15. The van der Waals surface area contributed by atoms with Gasteiger partial charge in [-0.15, -0.1) is 0 Å². The van der Waals surface area contributed by atoms with Gasteiger partial charge in [-0.1, -0.05) is 152 Å². The van der Waals surface area contributed by atoms with E-state index in [1.807, 2.05) is 6.08 Å². The van der Waals surface area contributed by atoms with Crippen LogP contribution in [0.1, 0.15) is 181 Å². The monoisotopic (exact) mass is 794 g/mol. The molecule has 0 radical (unpaired) electrons. The van der Waals surface area contributed by atoms with Crippen molar-refractivity contribution in [2.75, 3.05) is 26.4 Å². The van der Waals surface area contributed by atoms with Gasteiger partial charge in [0.1, 0.15) is 12.7 Å². The number of rotatable bonds is 40. The van der Waals surface area contributed by atoms with Crippen molar-refractivity contribution in [3.05, 3.63) is 60.8 Å². The van der Waals surface area contributed by atoms with Crippen LogP contribution >= 0.6 is 7.82 Å². The highest BCUT2D eigenvalue weighted by molar-refractivity contribution is 7.47. The lowest BCUT2D eigenvalue weighted by molar-refractivity contribution is -0.147. The number of unbranched alkanes of at least 4 members (excludes halogenated alkanes) is 17. The molecule has 10 heteroatoms. The van der Waals surface area contributed by atoms with E-state index in [0.29, 0.717) is 12.8 Å². The number of esters is 1. The largest absolute Gasteiger partial charge is 0.472 e. The van der Waals surface area contributed by atoms with Crippen molar-refractivity contribution in [1.82, 2.24) is 5.32 Å². The Morgan fingerprint density at radius 2 is 1.00 bits per heavy atom. The SMILES string of the molecule is CCCCC/C=C\C/C=C\C/C=C\C/C=C\CCCC(=O)OCC(O)COP(=O)(O)OCCNC(=O)CCCCCCCCC/C=C\CCCCCCCC. The molecule has 0 aliphatic rings. The summed E-state index contributed by atoms with van der Waals surface area (Å²) in [5.41, 5.74) is 0. The number of carbonyl (C=O) groups is 2. The minimum atomic E-state index is -4.43. The number of aliphatic hydroxyl groups is 1. The topological polar surface area (TPSA) is 131 Å². The Bertz CT molecular complexity index is 1090. The lowest BCUT2D eigenvalue weighted by Crippen LogP contribution is -2.27. The summed E-state index contributed by atoms with van der Waals surface area (Å²) in [6, 6.07) is 0. The van der Waals surface area contributed by atoms with Gasteiger partial charge >= 0.3 is 13.8 Å². The maximum absolute atomic E-state index is 12.1. The van der Waals surface area contributed by atoms with Crippen LogP contribution in [0.3, 0.4) is 0 Å². The molecule has 0 bridgehead atoms. The molecule has 318 valence electrons. The number of hydrogen-bond acceptors (Lipinski definition) is 7. The summed E-state index contributed by atoms with van der Waals surface area (Å²) in [6.45, 7) is 3.45. The van der Waals surface area contributed by atoms with Crippen molar-refractivity contribution >= 4 is 19.7 Å². The van der Waals surface area contributed by atoms with Gasteiger partial charge in [0.25, 0.3) is 0 Å². The average molecular weight is 794 g/mol. The van der Waals surface area contributed by atoms with E-state index in [4.69, 9.17) is 13.8 Å². The van der Waals surface area contributed by atoms with Crippen molar-refractivity contribution in [3.8, 4) is 0 Å². The molecule has 0 saturated carbocycles. The number of ether oxygens (including phenoxy) is 1. The third-order valence-electron chi connectivity index (χ3n) is 8.92. The van der Waals surface area contributed by atoms with E-state index in [9.17, 15) is 24.2 Å². The number of aliphatic hydroxyl groups excluding tert-OH is 1. The summed E-state index contributed by atoms with van der Waals surface area (Å²) in [4.78, 5) is 33.9. The van der Waals surface area contributed by atoms with E-state index < -0.39 is 26.5 Å². The second-order valence-corrected chi connectivity index (χ2v) is 15.8. The first-order valence-electron chi connectivity index (χ1n) is 21.8. The van der Waals surface area contributed by atoms with Crippen molar-refractivity contribution in [2.24, 2.45) is 0 Å². The number of nitrogens with one attached hydrogen (secondary N) is 1. The summed E-state index contributed by atoms with van der Waals surface area (Å²) in [7, 11) is -4.43. The molecule has 2 atom stereocenters. The van der Waals surface area contributed by atoms with Gasteiger partial charge in [-0.05, 0) is 77.0 Å². The van der Waals surface area contributed by atoms with E-state index in [-0.39, 0.29) is 32.1 Å². The quantitative estimate of drug-likeness (QED) is 0.0242. The highest BCUT2D eigenvalue weighted by Crippen LogP contribution is 2.42. The first-order valence-corrected chi connectivity index (χ1v) is 23.3. The third-order valence-corrected chi connectivity index (χ3v) is 9.90. The summed E-state index contributed by atoms with van der Waals surface area (Å²) in [6.07, 6.45) is 48.7. The molecule has 0 aliphatic carbocycles. The number of carbonyl (C=O) groups excluding carboxylic acids is 2. The van der Waals surface area contributed by atoms with Crippen molar-refractivity contribution in [1.29, 1.82) is 0 Å². The second kappa shape index (κ2) is 41.3. The fourth-order valence-electron chi connectivity index (χ4n) is 5.60. The molecule has 9 nitrogen and oxygen atoms in total. The molecule has 0 fully saturated rings. The van der Waals surface area contributed by atoms with Crippen LogP contribution in [0.2, 0.25) is 0 Å². The molecule has 0 aliphatic heterocycles. The van der Waals surface area contributed by atoms with Gasteiger partial charge in [0.15, 0.2) is 0 Å². The van der Waals surface area contributed by atoms with E-state index in [1.165, 1.54) is 103 Å². The van der Waals surface area contributed by atoms with Crippen LogP contribution in [-0.2, 0) is 27.9 Å². The first kappa shape index (κ1) is 52.7. The zero-order chi connectivity index (χ0) is 40.3. The number of hydrogen-bond donors (Lipinski definition) is 3. The fourth-order valence-corrected chi connectivity index (χ4v) is 6.36. The number of allylic oxidation sites excluding steroid dienone is 10. The Morgan fingerprint density at radius 1 is 0.564 bits per heavy atom. The Labute approximate surface area is 336 Å². The Kier molecular flexibility index (Phi) is 39.6. The number of phosphoric acid groups is 1. The van der Waals surface area contributed by atoms with Crippen LogP contribution in [0.5, 0.6) is 0 Å². The van der Waals surface area contributed by atoms with Gasteiger partial charge in [0, 0.05) is 19.4 Å². The molecule has 0 rings (SSSR count). The Morgan fingerprint density at radius 3 is 1.56 bits per heavy atom. The lowest BCUT2D eigenvalue weighted by atomic mass is 10.1. The number of phosphoric ester groups is 1. The molecule has 1 amide bonds. The van der Waals surface area contributed by atoms with Crippen molar-refractivity contribution < 1.29 is 37.9 Å². The Balaban J connectivity index is 3.69. The normalized spacial score (nSPS) is 13.9. The zero-order valence-electron chi connectivity index (χ0n) is 34.9. The zero-order valence-corrected chi connectivity index (χ0v) is 35.7. The highest BCUT2D eigenvalue weighted by atomic mass is 31.2. The van der Waals surface area contributed by atoms with Crippen LogP contribution < -0.4 is 5.32 Å². The minimum absolute atomic E-state index is 0.0708. The van der Waals surface area contributed by atoms with Crippen LogP contribution in [0.25, 0.3) is 0 Å². The van der Waals surface area contributed by atoms with Gasteiger partial charge in [-0.3, -0.25) is 18.6 Å². The summed E-state index contributed by atoms with van der Waals surface area (Å²) < 4.78 is 26.8. The van der Waals surface area contributed by atoms with Gasteiger partial charge in [-0.2, -0.15) is 0 Å². The number of amides is 1. The molecule has 0 aromatic heterocycles. The smallest absolute Gasteiger partial charge is 0.463 e. The van der Waals surface area contributed by atoms with Crippen LogP contribution in [0, 0.1) is 0 Å². The maximum Gasteiger partial charge on any atom is 0.472 e. The van der Waals surface area contributed by atoms with Gasteiger partial charge < -0.3 is 20.1 Å². The molecule has 2 unspecified atom stereocenters. The molecule has 0 aromatic rings. The summed E-state index contributed by atoms with van der Waals surface area (Å²) in [5.74, 6) is -0.580.